The van der Waals surface area contributed by atoms with Crippen LogP contribution in [0.3, 0.4) is 0 Å². The summed E-state index contributed by atoms with van der Waals surface area (Å²) >= 11 is 0. The Hall–Kier alpha value is -1.84. The number of imidazole rings is 1. The molecule has 1 saturated carbocycles. The molecule has 1 unspecified atom stereocenters. The van der Waals surface area contributed by atoms with Gasteiger partial charge >= 0.3 is 5.97 Å². The molecular formula is C17H22N2O2. The van der Waals surface area contributed by atoms with E-state index in [1.54, 1.807) is 0 Å². The van der Waals surface area contributed by atoms with E-state index in [1.807, 2.05) is 28.8 Å². The first-order valence-electron chi connectivity index (χ1n) is 7.66. The van der Waals surface area contributed by atoms with Crippen molar-refractivity contribution in [2.24, 2.45) is 5.41 Å². The molecule has 2 aromatic rings. The number of aromatic nitrogens is 2. The molecule has 0 radical (unpaired) electrons. The molecule has 0 saturated heterocycles. The van der Waals surface area contributed by atoms with Crippen molar-refractivity contribution in [2.45, 2.75) is 52.0 Å². The summed E-state index contributed by atoms with van der Waals surface area (Å²) < 4.78 is 1.90. The molecule has 1 aliphatic carbocycles. The molecule has 21 heavy (non-hydrogen) atoms. The lowest BCUT2D eigenvalue weighted by atomic mass is 9.68. The Balaban J connectivity index is 2.14. The van der Waals surface area contributed by atoms with Crippen LogP contribution < -0.4 is 0 Å². The standard InChI is InChI=1S/C17H22N2O2/c1-17(2)10-6-5-7-12(17)16-18-13-8-3-4-9-14(13)19(16)11-15(20)21/h3-4,8-9,12H,5-7,10-11H2,1-2H3,(H,20,21). The molecule has 4 nitrogen and oxygen atoms in total. The summed E-state index contributed by atoms with van der Waals surface area (Å²) in [6.45, 7) is 4.55. The number of para-hydroxylation sites is 2. The molecule has 0 spiro atoms. The van der Waals surface area contributed by atoms with Crippen LogP contribution in [-0.4, -0.2) is 20.6 Å². The summed E-state index contributed by atoms with van der Waals surface area (Å²) in [6.07, 6.45) is 4.72. The second-order valence-electron chi connectivity index (χ2n) is 6.73. The van der Waals surface area contributed by atoms with Crippen LogP contribution in [0.2, 0.25) is 0 Å². The van der Waals surface area contributed by atoms with E-state index in [0.29, 0.717) is 5.92 Å². The highest BCUT2D eigenvalue weighted by Gasteiger charge is 2.36. The monoisotopic (exact) mass is 286 g/mol. The number of nitrogens with zero attached hydrogens (tertiary/aromatic N) is 2. The van der Waals surface area contributed by atoms with Gasteiger partial charge in [-0.05, 0) is 30.4 Å². The molecule has 0 aliphatic heterocycles. The molecule has 3 rings (SSSR count). The Morgan fingerprint density at radius 2 is 2.14 bits per heavy atom. The van der Waals surface area contributed by atoms with E-state index in [2.05, 4.69) is 13.8 Å². The van der Waals surface area contributed by atoms with E-state index in [9.17, 15) is 9.90 Å². The first-order chi connectivity index (χ1) is 9.99. The number of carboxylic acid groups (broad SMARTS) is 1. The number of aliphatic carboxylic acids is 1. The number of carbonyl (C=O) groups is 1. The first kappa shape index (κ1) is 14.1. The van der Waals surface area contributed by atoms with E-state index in [1.165, 1.54) is 19.3 Å². The number of rotatable bonds is 3. The van der Waals surface area contributed by atoms with Crippen molar-refractivity contribution >= 4 is 17.0 Å². The minimum Gasteiger partial charge on any atom is -0.480 e. The van der Waals surface area contributed by atoms with Gasteiger partial charge in [0.2, 0.25) is 0 Å². The van der Waals surface area contributed by atoms with Crippen molar-refractivity contribution < 1.29 is 9.90 Å². The fourth-order valence-electron chi connectivity index (χ4n) is 3.63. The molecular weight excluding hydrogens is 264 g/mol. The first-order valence-corrected chi connectivity index (χ1v) is 7.66. The van der Waals surface area contributed by atoms with E-state index in [-0.39, 0.29) is 12.0 Å². The molecule has 1 fully saturated rings. The summed E-state index contributed by atoms with van der Waals surface area (Å²) in [5.41, 5.74) is 2.00. The summed E-state index contributed by atoms with van der Waals surface area (Å²) in [5.74, 6) is 0.467. The SMILES string of the molecule is CC1(C)CCCCC1c1nc2ccccc2n1CC(=O)O. The highest BCUT2D eigenvalue weighted by molar-refractivity contribution is 5.78. The van der Waals surface area contributed by atoms with Crippen LogP contribution >= 0.6 is 0 Å². The fourth-order valence-corrected chi connectivity index (χ4v) is 3.63. The largest absolute Gasteiger partial charge is 0.480 e. The van der Waals surface area contributed by atoms with Crippen molar-refractivity contribution in [1.82, 2.24) is 9.55 Å². The van der Waals surface area contributed by atoms with Crippen molar-refractivity contribution in [2.75, 3.05) is 0 Å². The molecule has 0 bridgehead atoms. The van der Waals surface area contributed by atoms with Crippen LogP contribution in [0.25, 0.3) is 11.0 Å². The third kappa shape index (κ3) is 2.55. The average molecular weight is 286 g/mol. The predicted molar refractivity (Wildman–Crippen MR) is 82.4 cm³/mol. The zero-order valence-corrected chi connectivity index (χ0v) is 12.7. The zero-order chi connectivity index (χ0) is 15.0. The maximum atomic E-state index is 11.3. The van der Waals surface area contributed by atoms with Gasteiger partial charge < -0.3 is 9.67 Å². The highest BCUT2D eigenvalue weighted by atomic mass is 16.4. The van der Waals surface area contributed by atoms with Gasteiger partial charge in [-0.25, -0.2) is 4.98 Å². The van der Waals surface area contributed by atoms with E-state index >= 15 is 0 Å². The van der Waals surface area contributed by atoms with Crippen LogP contribution in [-0.2, 0) is 11.3 Å². The molecule has 1 aliphatic rings. The second-order valence-corrected chi connectivity index (χ2v) is 6.73. The summed E-state index contributed by atoms with van der Waals surface area (Å²) in [6, 6.07) is 7.83. The third-order valence-electron chi connectivity index (χ3n) is 4.80. The van der Waals surface area contributed by atoms with Gasteiger partial charge in [0.1, 0.15) is 12.4 Å². The lowest BCUT2D eigenvalue weighted by Gasteiger charge is -2.38. The number of carboxylic acids is 1. The minimum absolute atomic E-state index is 0.0115. The van der Waals surface area contributed by atoms with E-state index in [0.717, 1.165) is 23.3 Å². The molecule has 1 aromatic heterocycles. The van der Waals surface area contributed by atoms with Gasteiger partial charge in [-0.2, -0.15) is 0 Å². The van der Waals surface area contributed by atoms with Crippen LogP contribution in [0, 0.1) is 5.41 Å². The molecule has 0 amide bonds. The molecule has 1 aromatic carbocycles. The highest BCUT2D eigenvalue weighted by Crippen LogP contribution is 2.46. The number of benzene rings is 1. The molecule has 4 heteroatoms. The normalized spacial score (nSPS) is 21.5. The minimum atomic E-state index is -0.812. The summed E-state index contributed by atoms with van der Waals surface area (Å²) in [4.78, 5) is 16.0. The maximum Gasteiger partial charge on any atom is 0.323 e. The summed E-state index contributed by atoms with van der Waals surface area (Å²) in [5, 5.41) is 9.25. The lowest BCUT2D eigenvalue weighted by Crippen LogP contribution is -2.29. The van der Waals surface area contributed by atoms with Crippen molar-refractivity contribution in [3.63, 3.8) is 0 Å². The Morgan fingerprint density at radius 3 is 2.86 bits per heavy atom. The maximum absolute atomic E-state index is 11.3. The smallest absolute Gasteiger partial charge is 0.323 e. The van der Waals surface area contributed by atoms with Gasteiger partial charge in [0.25, 0.3) is 0 Å². The number of fused-ring (bicyclic) bond motifs is 1. The van der Waals surface area contributed by atoms with E-state index < -0.39 is 5.97 Å². The van der Waals surface area contributed by atoms with Crippen LogP contribution in [0.5, 0.6) is 0 Å². The van der Waals surface area contributed by atoms with Gasteiger partial charge in [0, 0.05) is 5.92 Å². The molecule has 1 heterocycles. The second kappa shape index (κ2) is 5.17. The van der Waals surface area contributed by atoms with Gasteiger partial charge in [-0.1, -0.05) is 38.8 Å². The Labute approximate surface area is 124 Å². The van der Waals surface area contributed by atoms with Crippen molar-refractivity contribution in [3.05, 3.63) is 30.1 Å². The Kier molecular flexibility index (Phi) is 3.47. The number of hydrogen-bond acceptors (Lipinski definition) is 2. The summed E-state index contributed by atoms with van der Waals surface area (Å²) in [7, 11) is 0. The lowest BCUT2D eigenvalue weighted by molar-refractivity contribution is -0.137. The molecule has 1 N–H and O–H groups in total. The van der Waals surface area contributed by atoms with Gasteiger partial charge in [-0.3, -0.25) is 4.79 Å². The predicted octanol–water partition coefficient (Wildman–Crippen LogP) is 3.80. The molecule has 112 valence electrons. The third-order valence-corrected chi connectivity index (χ3v) is 4.80. The topological polar surface area (TPSA) is 55.1 Å². The van der Waals surface area contributed by atoms with Crippen LogP contribution in [0.15, 0.2) is 24.3 Å². The Morgan fingerprint density at radius 1 is 1.38 bits per heavy atom. The van der Waals surface area contributed by atoms with Gasteiger partial charge in [-0.15, -0.1) is 0 Å². The van der Waals surface area contributed by atoms with Gasteiger partial charge in [0.15, 0.2) is 0 Å². The van der Waals surface area contributed by atoms with Crippen molar-refractivity contribution in [3.8, 4) is 0 Å². The average Bonchev–Trinajstić information content (AvgIpc) is 2.76. The zero-order valence-electron chi connectivity index (χ0n) is 12.7. The van der Waals surface area contributed by atoms with Gasteiger partial charge in [0.05, 0.1) is 11.0 Å². The fraction of sp³-hybridized carbons (Fsp3) is 0.529. The van der Waals surface area contributed by atoms with Crippen molar-refractivity contribution in [1.29, 1.82) is 0 Å². The quantitative estimate of drug-likeness (QED) is 0.933. The Bertz CT molecular complexity index is 672. The van der Waals surface area contributed by atoms with Crippen LogP contribution in [0.4, 0.5) is 0 Å². The van der Waals surface area contributed by atoms with E-state index in [4.69, 9.17) is 4.98 Å². The number of hydrogen-bond donors (Lipinski definition) is 1. The molecule has 1 atom stereocenters. The van der Waals surface area contributed by atoms with Crippen LogP contribution in [0.1, 0.15) is 51.3 Å².